The second-order valence-electron chi connectivity index (χ2n) is 24.9. The van der Waals surface area contributed by atoms with Gasteiger partial charge in [0.15, 0.2) is 0 Å². The van der Waals surface area contributed by atoms with Crippen LogP contribution in [0.2, 0.25) is 0 Å². The molecule has 3 N–H and O–H groups in total. The lowest BCUT2D eigenvalue weighted by atomic mass is 10.0. The number of aliphatic hydroxyl groups excluding tert-OH is 1. The highest BCUT2D eigenvalue weighted by Crippen LogP contribution is 2.43. The first-order valence-electron chi connectivity index (χ1n) is 34.1. The van der Waals surface area contributed by atoms with Crippen LogP contribution < -0.4 is 5.32 Å². The van der Waals surface area contributed by atoms with Crippen molar-refractivity contribution in [3.63, 3.8) is 0 Å². The summed E-state index contributed by atoms with van der Waals surface area (Å²) in [4.78, 5) is 23.3. The van der Waals surface area contributed by atoms with Crippen molar-refractivity contribution in [1.82, 2.24) is 5.32 Å². The van der Waals surface area contributed by atoms with Crippen molar-refractivity contribution in [2.24, 2.45) is 0 Å². The van der Waals surface area contributed by atoms with E-state index >= 15 is 0 Å². The molecule has 0 aromatic heterocycles. The van der Waals surface area contributed by atoms with Crippen molar-refractivity contribution in [2.75, 3.05) is 40.9 Å². The van der Waals surface area contributed by atoms with Crippen LogP contribution in [0.4, 0.5) is 0 Å². The number of allylic oxidation sites excluding steroid dienone is 1. The van der Waals surface area contributed by atoms with Crippen LogP contribution in [0, 0.1) is 0 Å². The summed E-state index contributed by atoms with van der Waals surface area (Å²) in [6.45, 7) is 4.86. The number of nitrogens with one attached hydrogen (secondary N) is 1. The molecule has 76 heavy (non-hydrogen) atoms. The molecule has 0 aromatic carbocycles. The fraction of sp³-hybridized carbons (Fsp3) is 0.955. The van der Waals surface area contributed by atoms with Crippen LogP contribution >= 0.6 is 7.82 Å². The summed E-state index contributed by atoms with van der Waals surface area (Å²) in [6.07, 6.45) is 75.2. The molecule has 454 valence electrons. The summed E-state index contributed by atoms with van der Waals surface area (Å²) >= 11 is 0. The smallest absolute Gasteiger partial charge is 0.387 e. The monoisotopic (exact) mass is 1100 g/mol. The average molecular weight is 1100 g/mol. The third-order valence-corrected chi connectivity index (χ3v) is 17.0. The lowest BCUT2D eigenvalue weighted by molar-refractivity contribution is -0.870. The summed E-state index contributed by atoms with van der Waals surface area (Å²) in [5.41, 5.74) is 0. The Balaban J connectivity index is 3.81. The number of nitrogens with zero attached hydrogens (tertiary/aromatic N) is 1. The Kier molecular flexibility index (Phi) is 58.3. The number of unbranched alkanes of at least 4 members (excludes halogenated alkanes) is 51. The molecule has 0 aromatic rings. The molecule has 0 rings (SSSR count). The normalized spacial score (nSPS) is 13.7. The lowest BCUT2D eigenvalue weighted by Gasteiger charge is -2.25. The molecule has 0 aliphatic heterocycles. The minimum Gasteiger partial charge on any atom is -0.387 e. The summed E-state index contributed by atoms with van der Waals surface area (Å²) in [6, 6.07) is -0.842. The number of hydrogen-bond donors (Lipinski definition) is 3. The van der Waals surface area contributed by atoms with Crippen LogP contribution in [0.1, 0.15) is 361 Å². The molecule has 0 fully saturated rings. The number of likely N-dealkylation sites (N-methyl/N-ethyl adjacent to an activating group) is 1. The Labute approximate surface area is 475 Å². The number of phosphoric acid groups is 1. The van der Waals surface area contributed by atoms with Crippen molar-refractivity contribution >= 4 is 13.7 Å². The van der Waals surface area contributed by atoms with Crippen molar-refractivity contribution < 1.29 is 32.9 Å². The van der Waals surface area contributed by atoms with Gasteiger partial charge in [-0.15, -0.1) is 0 Å². The Bertz CT molecular complexity index is 1240. The molecule has 9 heteroatoms. The molecule has 0 aliphatic carbocycles. The highest BCUT2D eigenvalue weighted by atomic mass is 31.2. The Morgan fingerprint density at radius 1 is 0.434 bits per heavy atom. The van der Waals surface area contributed by atoms with Gasteiger partial charge >= 0.3 is 7.82 Å². The maximum atomic E-state index is 13.0. The maximum Gasteiger partial charge on any atom is 0.472 e. The van der Waals surface area contributed by atoms with Gasteiger partial charge in [0.05, 0.1) is 39.9 Å². The predicted octanol–water partition coefficient (Wildman–Crippen LogP) is 21.3. The molecule has 0 spiro atoms. The second-order valence-corrected chi connectivity index (χ2v) is 26.4. The SMILES string of the molecule is CCCCCCCCCCCCCC/C=C/C(O)C(COP(=O)(O)OCC[N+](C)(C)C)NC(=O)CCCCCCCCCCCCCCCCCCCCCCCCCCCCCCCCCCCCCCCCCC. The molecule has 0 radical (unpaired) electrons. The zero-order valence-corrected chi connectivity index (χ0v) is 52.9. The van der Waals surface area contributed by atoms with Crippen LogP contribution in [-0.4, -0.2) is 73.4 Å². The topological polar surface area (TPSA) is 105 Å². The van der Waals surface area contributed by atoms with Crippen LogP contribution in [0.25, 0.3) is 0 Å². The predicted molar refractivity (Wildman–Crippen MR) is 332 cm³/mol. The first kappa shape index (κ1) is 75.2. The Hall–Kier alpha value is -0.760. The number of amides is 1. The molecule has 8 nitrogen and oxygen atoms in total. The van der Waals surface area contributed by atoms with E-state index in [1.165, 1.54) is 308 Å². The summed E-state index contributed by atoms with van der Waals surface area (Å²) in [7, 11) is 1.59. The highest BCUT2D eigenvalue weighted by molar-refractivity contribution is 7.47. The fourth-order valence-corrected chi connectivity index (χ4v) is 11.4. The maximum absolute atomic E-state index is 13.0. The number of aliphatic hydroxyl groups is 1. The van der Waals surface area contributed by atoms with Gasteiger partial charge in [-0.3, -0.25) is 13.8 Å². The molecule has 0 heterocycles. The number of quaternary nitrogens is 1. The molecular weight excluding hydrogens is 960 g/mol. The van der Waals surface area contributed by atoms with Gasteiger partial charge in [-0.05, 0) is 19.3 Å². The van der Waals surface area contributed by atoms with E-state index in [9.17, 15) is 19.4 Å². The summed E-state index contributed by atoms with van der Waals surface area (Å²) in [5.74, 6) is -0.169. The average Bonchev–Trinajstić information content (AvgIpc) is 3.38. The third kappa shape index (κ3) is 60.9. The van der Waals surface area contributed by atoms with E-state index in [1.807, 2.05) is 27.2 Å². The number of carbonyl (C=O) groups is 1. The molecule has 0 aliphatic rings. The van der Waals surface area contributed by atoms with E-state index < -0.39 is 20.0 Å². The van der Waals surface area contributed by atoms with E-state index in [1.54, 1.807) is 6.08 Å². The van der Waals surface area contributed by atoms with Crippen LogP contribution in [0.3, 0.4) is 0 Å². The van der Waals surface area contributed by atoms with Gasteiger partial charge in [-0.2, -0.15) is 0 Å². The Morgan fingerprint density at radius 3 is 0.974 bits per heavy atom. The van der Waals surface area contributed by atoms with E-state index in [0.717, 1.165) is 32.1 Å². The van der Waals surface area contributed by atoms with Crippen molar-refractivity contribution in [1.29, 1.82) is 0 Å². The molecular formula is C67H136N2O6P+. The number of rotatable bonds is 64. The van der Waals surface area contributed by atoms with Crippen molar-refractivity contribution in [2.45, 2.75) is 373 Å². The quantitative estimate of drug-likeness (QED) is 0.0243. The van der Waals surface area contributed by atoms with E-state index in [2.05, 4.69) is 19.2 Å². The molecule has 0 saturated carbocycles. The minimum absolute atomic E-state index is 0.0651. The van der Waals surface area contributed by atoms with E-state index in [-0.39, 0.29) is 19.1 Å². The number of carbonyl (C=O) groups excluding carboxylic acids is 1. The highest BCUT2D eigenvalue weighted by Gasteiger charge is 2.28. The van der Waals surface area contributed by atoms with Gasteiger partial charge in [-0.1, -0.05) is 347 Å². The molecule has 3 unspecified atom stereocenters. The van der Waals surface area contributed by atoms with Gasteiger partial charge in [0, 0.05) is 6.42 Å². The standard InChI is InChI=1S/C67H135N2O6P/c1-6-8-10-12-14-16-18-20-22-23-24-25-26-27-28-29-30-31-32-33-34-35-36-37-38-39-40-41-42-43-44-45-46-47-49-51-53-55-57-59-61-67(71)68-65(64-75-76(72,73)74-63-62-69(3,4)5)66(70)60-58-56-54-52-50-48-21-19-17-15-13-11-9-7-2/h58,60,65-66,70H,6-57,59,61-64H2,1-5H3,(H-,68,71,72,73)/p+1/b60-58+. The number of phosphoric ester groups is 1. The van der Waals surface area contributed by atoms with Crippen LogP contribution in [0.5, 0.6) is 0 Å². The first-order chi connectivity index (χ1) is 37.0. The molecule has 1 amide bonds. The first-order valence-corrected chi connectivity index (χ1v) is 35.6. The van der Waals surface area contributed by atoms with Crippen molar-refractivity contribution in [3.8, 4) is 0 Å². The zero-order valence-electron chi connectivity index (χ0n) is 52.0. The van der Waals surface area contributed by atoms with Gasteiger partial charge in [0.25, 0.3) is 0 Å². The molecule has 3 atom stereocenters. The van der Waals surface area contributed by atoms with Gasteiger partial charge < -0.3 is 19.8 Å². The molecule has 0 saturated heterocycles. The van der Waals surface area contributed by atoms with E-state index in [4.69, 9.17) is 9.05 Å². The van der Waals surface area contributed by atoms with Gasteiger partial charge in [0.1, 0.15) is 13.2 Å². The summed E-state index contributed by atoms with van der Waals surface area (Å²) in [5, 5.41) is 13.9. The third-order valence-electron chi connectivity index (χ3n) is 16.0. The fourth-order valence-electron chi connectivity index (χ4n) is 10.7. The van der Waals surface area contributed by atoms with Gasteiger partial charge in [-0.25, -0.2) is 4.57 Å². The minimum atomic E-state index is -4.34. The van der Waals surface area contributed by atoms with Crippen LogP contribution in [-0.2, 0) is 18.4 Å². The molecule has 0 bridgehead atoms. The number of hydrogen-bond acceptors (Lipinski definition) is 5. The van der Waals surface area contributed by atoms with E-state index in [0.29, 0.717) is 17.4 Å². The van der Waals surface area contributed by atoms with Crippen molar-refractivity contribution in [3.05, 3.63) is 12.2 Å². The lowest BCUT2D eigenvalue weighted by Crippen LogP contribution is -2.45. The Morgan fingerprint density at radius 2 is 0.697 bits per heavy atom. The van der Waals surface area contributed by atoms with Gasteiger partial charge in [0.2, 0.25) is 5.91 Å². The second kappa shape index (κ2) is 58.9. The zero-order chi connectivity index (χ0) is 55.6. The summed E-state index contributed by atoms with van der Waals surface area (Å²) < 4.78 is 23.7. The van der Waals surface area contributed by atoms with Crippen LogP contribution in [0.15, 0.2) is 12.2 Å². The largest absolute Gasteiger partial charge is 0.472 e.